The van der Waals surface area contributed by atoms with Crippen molar-refractivity contribution in [2.45, 2.75) is 32.1 Å². The molecule has 1 aliphatic rings. The molecule has 3 heterocycles. The van der Waals surface area contributed by atoms with Crippen molar-refractivity contribution in [3.05, 3.63) is 71.6 Å². The van der Waals surface area contributed by atoms with E-state index in [2.05, 4.69) is 11.9 Å². The molecule has 1 amide bonds. The fourth-order valence-corrected chi connectivity index (χ4v) is 4.07. The zero-order chi connectivity index (χ0) is 23.6. The smallest absolute Gasteiger partial charge is 0.254 e. The Kier molecular flexibility index (Phi) is 6.26. The fourth-order valence-electron chi connectivity index (χ4n) is 4.07. The van der Waals surface area contributed by atoms with Crippen LogP contribution in [0.2, 0.25) is 0 Å². The Hall–Kier alpha value is -3.55. The summed E-state index contributed by atoms with van der Waals surface area (Å²) in [5, 5.41) is 0. The van der Waals surface area contributed by atoms with Crippen molar-refractivity contribution < 1.29 is 13.9 Å². The van der Waals surface area contributed by atoms with E-state index in [4.69, 9.17) is 14.7 Å². The Labute approximate surface area is 193 Å². The molecule has 0 bridgehead atoms. The van der Waals surface area contributed by atoms with E-state index in [1.807, 2.05) is 36.9 Å². The Balaban J connectivity index is 1.55. The zero-order valence-corrected chi connectivity index (χ0v) is 19.4. The number of carbonyl (C=O) groups is 1. The van der Waals surface area contributed by atoms with E-state index in [1.54, 1.807) is 24.3 Å². The standard InChI is InChI=1S/C25H28FN5O2/c1-17-14-21(30(3)4)29-24(28-17)25(2)11-7-13-31(16-25)23(32)18-10-12-27-22(15-18)33-20-9-6-5-8-19(20)26/h5-6,8-10,12,14-15H,7,11,13,16H2,1-4H3/t25-/m1/s1. The maximum absolute atomic E-state index is 13.9. The fraction of sp³-hybridized carbons (Fsp3) is 0.360. The van der Waals surface area contributed by atoms with Gasteiger partial charge in [0.2, 0.25) is 5.88 Å². The van der Waals surface area contributed by atoms with Gasteiger partial charge in [-0.1, -0.05) is 19.1 Å². The molecule has 3 aromatic rings. The molecular weight excluding hydrogens is 421 g/mol. The highest BCUT2D eigenvalue weighted by Gasteiger charge is 2.37. The summed E-state index contributed by atoms with van der Waals surface area (Å²) < 4.78 is 19.5. The highest BCUT2D eigenvalue weighted by atomic mass is 19.1. The third kappa shape index (κ3) is 4.94. The Morgan fingerprint density at radius 3 is 2.73 bits per heavy atom. The van der Waals surface area contributed by atoms with Crippen molar-refractivity contribution >= 4 is 11.7 Å². The number of hydrogen-bond donors (Lipinski definition) is 0. The van der Waals surface area contributed by atoms with Crippen LogP contribution in [0.25, 0.3) is 0 Å². The van der Waals surface area contributed by atoms with Gasteiger partial charge in [-0.25, -0.2) is 19.3 Å². The number of aromatic nitrogens is 3. The largest absolute Gasteiger partial charge is 0.436 e. The van der Waals surface area contributed by atoms with E-state index in [-0.39, 0.29) is 23.0 Å². The number of para-hydroxylation sites is 1. The summed E-state index contributed by atoms with van der Waals surface area (Å²) in [5.41, 5.74) is 0.988. The molecule has 0 saturated carbocycles. The molecule has 7 nitrogen and oxygen atoms in total. The lowest BCUT2D eigenvalue weighted by molar-refractivity contribution is 0.0643. The van der Waals surface area contributed by atoms with Gasteiger partial charge < -0.3 is 14.5 Å². The Bertz CT molecular complexity index is 1170. The number of nitrogens with zero attached hydrogens (tertiary/aromatic N) is 5. The van der Waals surface area contributed by atoms with Crippen LogP contribution in [0.5, 0.6) is 11.6 Å². The van der Waals surface area contributed by atoms with Gasteiger partial charge in [-0.05, 0) is 38.0 Å². The maximum atomic E-state index is 13.9. The summed E-state index contributed by atoms with van der Waals surface area (Å²) in [5.74, 6) is 1.23. The SMILES string of the molecule is Cc1cc(N(C)C)nc([C@]2(C)CCCN(C(=O)c3ccnc(Oc4ccccc4F)c3)C2)n1. The lowest BCUT2D eigenvalue weighted by atomic mass is 9.80. The lowest BCUT2D eigenvalue weighted by Gasteiger charge is -2.39. The van der Waals surface area contributed by atoms with Crippen LogP contribution >= 0.6 is 0 Å². The van der Waals surface area contributed by atoms with Crippen molar-refractivity contribution in [2.24, 2.45) is 0 Å². The number of anilines is 1. The average Bonchev–Trinajstić information content (AvgIpc) is 2.80. The highest BCUT2D eigenvalue weighted by molar-refractivity contribution is 5.94. The van der Waals surface area contributed by atoms with Gasteiger partial charge in [-0.15, -0.1) is 0 Å². The van der Waals surface area contributed by atoms with Gasteiger partial charge >= 0.3 is 0 Å². The summed E-state index contributed by atoms with van der Waals surface area (Å²) in [4.78, 5) is 30.8. The van der Waals surface area contributed by atoms with E-state index < -0.39 is 5.82 Å². The van der Waals surface area contributed by atoms with Crippen LogP contribution in [0.3, 0.4) is 0 Å². The molecule has 1 atom stereocenters. The first-order valence-corrected chi connectivity index (χ1v) is 11.0. The molecule has 1 aromatic carbocycles. The van der Waals surface area contributed by atoms with Crippen molar-refractivity contribution in [2.75, 3.05) is 32.1 Å². The molecule has 172 valence electrons. The van der Waals surface area contributed by atoms with Crippen molar-refractivity contribution in [3.63, 3.8) is 0 Å². The number of benzene rings is 1. The number of carbonyl (C=O) groups excluding carboxylic acids is 1. The summed E-state index contributed by atoms with van der Waals surface area (Å²) in [6.07, 6.45) is 3.24. The number of ether oxygens (including phenoxy) is 1. The molecule has 8 heteroatoms. The number of pyridine rings is 1. The van der Waals surface area contributed by atoms with Gasteiger partial charge in [-0.3, -0.25) is 4.79 Å². The van der Waals surface area contributed by atoms with Crippen molar-refractivity contribution in [1.29, 1.82) is 0 Å². The molecule has 0 spiro atoms. The first-order valence-electron chi connectivity index (χ1n) is 11.0. The summed E-state index contributed by atoms with van der Waals surface area (Å²) >= 11 is 0. The Morgan fingerprint density at radius 1 is 1.18 bits per heavy atom. The van der Waals surface area contributed by atoms with E-state index >= 15 is 0 Å². The quantitative estimate of drug-likeness (QED) is 0.576. The number of likely N-dealkylation sites (tertiary alicyclic amines) is 1. The van der Waals surface area contributed by atoms with Crippen LogP contribution in [-0.2, 0) is 5.41 Å². The van der Waals surface area contributed by atoms with E-state index in [1.165, 1.54) is 18.3 Å². The number of hydrogen-bond acceptors (Lipinski definition) is 6. The second kappa shape index (κ2) is 9.13. The first-order chi connectivity index (χ1) is 15.7. The molecule has 0 unspecified atom stereocenters. The van der Waals surface area contributed by atoms with Crippen molar-refractivity contribution in [3.8, 4) is 11.6 Å². The van der Waals surface area contributed by atoms with Crippen LogP contribution < -0.4 is 9.64 Å². The Morgan fingerprint density at radius 2 is 1.97 bits per heavy atom. The average molecular weight is 450 g/mol. The minimum absolute atomic E-state index is 0.0634. The summed E-state index contributed by atoms with van der Waals surface area (Å²) in [6, 6.07) is 11.2. The molecule has 1 saturated heterocycles. The topological polar surface area (TPSA) is 71.5 Å². The molecule has 33 heavy (non-hydrogen) atoms. The molecule has 1 aliphatic heterocycles. The van der Waals surface area contributed by atoms with Crippen LogP contribution in [-0.4, -0.2) is 52.9 Å². The third-order valence-electron chi connectivity index (χ3n) is 5.86. The van der Waals surface area contributed by atoms with Crippen molar-refractivity contribution in [1.82, 2.24) is 19.9 Å². The minimum Gasteiger partial charge on any atom is -0.436 e. The van der Waals surface area contributed by atoms with Gasteiger partial charge in [0.05, 0.1) is 0 Å². The zero-order valence-electron chi connectivity index (χ0n) is 19.4. The van der Waals surface area contributed by atoms with Gasteiger partial charge in [0.15, 0.2) is 11.6 Å². The van der Waals surface area contributed by atoms with Crippen LogP contribution in [0.1, 0.15) is 41.6 Å². The number of halogens is 1. The van der Waals surface area contributed by atoms with E-state index in [9.17, 15) is 9.18 Å². The van der Waals surface area contributed by atoms with E-state index in [0.29, 0.717) is 18.7 Å². The maximum Gasteiger partial charge on any atom is 0.254 e. The van der Waals surface area contributed by atoms with Crippen LogP contribution in [0.15, 0.2) is 48.7 Å². The molecule has 1 fully saturated rings. The monoisotopic (exact) mass is 449 g/mol. The normalized spacial score (nSPS) is 18.2. The second-order valence-corrected chi connectivity index (χ2v) is 8.89. The van der Waals surface area contributed by atoms with Gasteiger partial charge in [0.1, 0.15) is 11.6 Å². The number of piperidine rings is 1. The molecule has 0 radical (unpaired) electrons. The third-order valence-corrected chi connectivity index (χ3v) is 5.86. The van der Waals surface area contributed by atoms with Gasteiger partial charge in [-0.2, -0.15) is 0 Å². The number of rotatable bonds is 5. The molecule has 0 aliphatic carbocycles. The summed E-state index contributed by atoms with van der Waals surface area (Å²) in [7, 11) is 3.91. The molecule has 2 aromatic heterocycles. The summed E-state index contributed by atoms with van der Waals surface area (Å²) in [6.45, 7) is 5.22. The van der Waals surface area contributed by atoms with E-state index in [0.717, 1.165) is 30.2 Å². The van der Waals surface area contributed by atoms with Crippen LogP contribution in [0.4, 0.5) is 10.2 Å². The van der Waals surface area contributed by atoms with Crippen LogP contribution in [0, 0.1) is 12.7 Å². The molecular formula is C25H28FN5O2. The number of amides is 1. The molecule has 0 N–H and O–H groups in total. The lowest BCUT2D eigenvalue weighted by Crippen LogP contribution is -2.48. The highest BCUT2D eigenvalue weighted by Crippen LogP contribution is 2.33. The van der Waals surface area contributed by atoms with Gasteiger partial charge in [0, 0.05) is 62.2 Å². The predicted octanol–water partition coefficient (Wildman–Crippen LogP) is 4.37. The molecule has 4 rings (SSSR count). The predicted molar refractivity (Wildman–Crippen MR) is 124 cm³/mol. The minimum atomic E-state index is -0.488. The van der Waals surface area contributed by atoms with Gasteiger partial charge in [0.25, 0.3) is 5.91 Å². The number of aryl methyl sites for hydroxylation is 1. The second-order valence-electron chi connectivity index (χ2n) is 8.89. The first kappa shape index (κ1) is 22.6.